The van der Waals surface area contributed by atoms with Crippen molar-refractivity contribution in [2.24, 2.45) is 7.05 Å². The first-order valence-corrected chi connectivity index (χ1v) is 9.08. The van der Waals surface area contributed by atoms with E-state index in [-0.39, 0.29) is 5.56 Å². The van der Waals surface area contributed by atoms with Gasteiger partial charge in [0.25, 0.3) is 10.8 Å². The molecular formula is C19H16N4O2S. The average Bonchev–Trinajstić information content (AvgIpc) is 3.13. The van der Waals surface area contributed by atoms with Crippen molar-refractivity contribution >= 4 is 22.7 Å². The molecule has 0 fully saturated rings. The lowest BCUT2D eigenvalue weighted by Gasteiger charge is -2.07. The van der Waals surface area contributed by atoms with E-state index < -0.39 is 0 Å². The molecule has 0 saturated heterocycles. The minimum absolute atomic E-state index is 0.0583. The van der Waals surface area contributed by atoms with E-state index in [4.69, 9.17) is 4.42 Å². The van der Waals surface area contributed by atoms with E-state index in [0.29, 0.717) is 33.6 Å². The molecule has 6 nitrogen and oxygen atoms in total. The summed E-state index contributed by atoms with van der Waals surface area (Å²) in [5, 5.41) is 9.23. The Balaban J connectivity index is 1.56. The standard InChI is InChI=1S/C19H16N4O2S/c1-12-7-9-13(10-8-12)17-21-22-19(25-17)26-11-16-20-15-6-4-3-5-14(15)18(24)23(16)2/h3-10H,11H2,1-2H3. The van der Waals surface area contributed by atoms with Gasteiger partial charge in [-0.05, 0) is 31.2 Å². The summed E-state index contributed by atoms with van der Waals surface area (Å²) in [6, 6.07) is 15.2. The Bertz CT molecular complexity index is 1130. The number of rotatable bonds is 4. The van der Waals surface area contributed by atoms with Crippen molar-refractivity contribution in [3.05, 3.63) is 70.3 Å². The lowest BCUT2D eigenvalue weighted by molar-refractivity contribution is 0.465. The van der Waals surface area contributed by atoms with Gasteiger partial charge in [-0.25, -0.2) is 4.98 Å². The van der Waals surface area contributed by atoms with Crippen LogP contribution in [0.2, 0.25) is 0 Å². The van der Waals surface area contributed by atoms with E-state index in [1.807, 2.05) is 49.4 Å². The van der Waals surface area contributed by atoms with Crippen LogP contribution in [0.1, 0.15) is 11.4 Å². The van der Waals surface area contributed by atoms with Gasteiger partial charge in [0.2, 0.25) is 5.89 Å². The fraction of sp³-hybridized carbons (Fsp3) is 0.158. The molecule has 130 valence electrons. The first kappa shape index (κ1) is 16.5. The molecule has 4 aromatic rings. The van der Waals surface area contributed by atoms with Crippen LogP contribution in [0.3, 0.4) is 0 Å². The normalized spacial score (nSPS) is 11.2. The lowest BCUT2D eigenvalue weighted by atomic mass is 10.1. The van der Waals surface area contributed by atoms with Crippen LogP contribution in [0.15, 0.2) is 63.0 Å². The Morgan fingerprint density at radius 2 is 1.85 bits per heavy atom. The van der Waals surface area contributed by atoms with Crippen molar-refractivity contribution in [3.8, 4) is 11.5 Å². The summed E-state index contributed by atoms with van der Waals surface area (Å²) in [4.78, 5) is 17.0. The Morgan fingerprint density at radius 1 is 1.08 bits per heavy atom. The second kappa shape index (κ2) is 6.76. The zero-order valence-electron chi connectivity index (χ0n) is 14.3. The number of para-hydroxylation sites is 1. The van der Waals surface area contributed by atoms with Crippen molar-refractivity contribution in [2.45, 2.75) is 17.9 Å². The summed E-state index contributed by atoms with van der Waals surface area (Å²) >= 11 is 1.36. The molecule has 2 aromatic heterocycles. The number of fused-ring (bicyclic) bond motifs is 1. The minimum Gasteiger partial charge on any atom is -0.411 e. The van der Waals surface area contributed by atoms with Crippen LogP contribution in [0.4, 0.5) is 0 Å². The van der Waals surface area contributed by atoms with E-state index in [1.54, 1.807) is 17.7 Å². The number of benzene rings is 2. The minimum atomic E-state index is -0.0583. The van der Waals surface area contributed by atoms with Crippen molar-refractivity contribution in [3.63, 3.8) is 0 Å². The van der Waals surface area contributed by atoms with Crippen molar-refractivity contribution in [1.29, 1.82) is 0 Å². The van der Waals surface area contributed by atoms with Gasteiger partial charge >= 0.3 is 0 Å². The number of aromatic nitrogens is 4. The van der Waals surface area contributed by atoms with Crippen LogP contribution in [0.5, 0.6) is 0 Å². The summed E-state index contributed by atoms with van der Waals surface area (Å²) < 4.78 is 7.28. The zero-order chi connectivity index (χ0) is 18.1. The van der Waals surface area contributed by atoms with Crippen LogP contribution < -0.4 is 5.56 Å². The molecule has 26 heavy (non-hydrogen) atoms. The molecule has 7 heteroatoms. The third kappa shape index (κ3) is 3.13. The van der Waals surface area contributed by atoms with Gasteiger partial charge in [-0.15, -0.1) is 10.2 Å². The third-order valence-electron chi connectivity index (χ3n) is 4.11. The lowest BCUT2D eigenvalue weighted by Crippen LogP contribution is -2.21. The van der Waals surface area contributed by atoms with Gasteiger partial charge < -0.3 is 4.42 Å². The smallest absolute Gasteiger partial charge is 0.277 e. The third-order valence-corrected chi connectivity index (χ3v) is 4.92. The van der Waals surface area contributed by atoms with Crippen LogP contribution >= 0.6 is 11.8 Å². The second-order valence-corrected chi connectivity index (χ2v) is 6.86. The molecule has 0 unspecified atom stereocenters. The summed E-state index contributed by atoms with van der Waals surface area (Å²) in [6.07, 6.45) is 0. The zero-order valence-corrected chi connectivity index (χ0v) is 15.2. The van der Waals surface area contributed by atoms with E-state index >= 15 is 0 Å². The van der Waals surface area contributed by atoms with Crippen molar-refractivity contribution in [2.75, 3.05) is 0 Å². The van der Waals surface area contributed by atoms with E-state index in [1.165, 1.54) is 17.3 Å². The first-order valence-electron chi connectivity index (χ1n) is 8.10. The van der Waals surface area contributed by atoms with Crippen LogP contribution in [0.25, 0.3) is 22.4 Å². The maximum atomic E-state index is 12.4. The van der Waals surface area contributed by atoms with E-state index in [2.05, 4.69) is 15.2 Å². The topological polar surface area (TPSA) is 73.8 Å². The molecule has 2 heterocycles. The predicted molar refractivity (Wildman–Crippen MR) is 101 cm³/mol. The monoisotopic (exact) mass is 364 g/mol. The average molecular weight is 364 g/mol. The fourth-order valence-corrected chi connectivity index (χ4v) is 3.35. The van der Waals surface area contributed by atoms with Crippen LogP contribution in [-0.4, -0.2) is 19.7 Å². The summed E-state index contributed by atoms with van der Waals surface area (Å²) in [7, 11) is 1.73. The second-order valence-electron chi connectivity index (χ2n) is 5.94. The molecule has 0 radical (unpaired) electrons. The molecule has 0 aliphatic carbocycles. The van der Waals surface area contributed by atoms with E-state index in [0.717, 1.165) is 5.56 Å². The molecule has 0 atom stereocenters. The molecule has 2 aromatic carbocycles. The maximum absolute atomic E-state index is 12.4. The van der Waals surface area contributed by atoms with Crippen molar-refractivity contribution < 1.29 is 4.42 Å². The molecule has 0 bridgehead atoms. The largest absolute Gasteiger partial charge is 0.411 e. The van der Waals surface area contributed by atoms with Crippen molar-refractivity contribution in [1.82, 2.24) is 19.7 Å². The molecule has 4 rings (SSSR count). The van der Waals surface area contributed by atoms with E-state index in [9.17, 15) is 4.79 Å². The summed E-state index contributed by atoms with van der Waals surface area (Å²) in [6.45, 7) is 2.03. The molecular weight excluding hydrogens is 348 g/mol. The summed E-state index contributed by atoms with van der Waals surface area (Å²) in [5.41, 5.74) is 2.69. The number of hydrogen-bond donors (Lipinski definition) is 0. The Morgan fingerprint density at radius 3 is 2.65 bits per heavy atom. The fourth-order valence-electron chi connectivity index (χ4n) is 2.60. The highest BCUT2D eigenvalue weighted by atomic mass is 32.2. The van der Waals surface area contributed by atoms with Gasteiger partial charge in [0.1, 0.15) is 5.82 Å². The van der Waals surface area contributed by atoms with Gasteiger partial charge in [0.15, 0.2) is 0 Å². The van der Waals surface area contributed by atoms with Gasteiger partial charge in [-0.3, -0.25) is 9.36 Å². The number of hydrogen-bond acceptors (Lipinski definition) is 6. The number of thioether (sulfide) groups is 1. The highest BCUT2D eigenvalue weighted by molar-refractivity contribution is 7.98. The van der Waals surface area contributed by atoms with Crippen LogP contribution in [-0.2, 0) is 12.8 Å². The highest BCUT2D eigenvalue weighted by Crippen LogP contribution is 2.25. The quantitative estimate of drug-likeness (QED) is 0.515. The maximum Gasteiger partial charge on any atom is 0.277 e. The SMILES string of the molecule is Cc1ccc(-c2nnc(SCc3nc4ccccc4c(=O)n3C)o2)cc1. The van der Waals surface area contributed by atoms with Gasteiger partial charge in [0.05, 0.1) is 16.7 Å². The molecule has 0 aliphatic rings. The van der Waals surface area contributed by atoms with Gasteiger partial charge in [0, 0.05) is 12.6 Å². The molecule has 0 spiro atoms. The molecule has 0 aliphatic heterocycles. The molecule has 0 N–H and O–H groups in total. The molecule has 0 saturated carbocycles. The number of aryl methyl sites for hydroxylation is 1. The Labute approximate surface area is 153 Å². The first-order chi connectivity index (χ1) is 12.6. The summed E-state index contributed by atoms with van der Waals surface area (Å²) in [5.74, 6) is 1.60. The van der Waals surface area contributed by atoms with Crippen LogP contribution in [0, 0.1) is 6.92 Å². The number of nitrogens with zero attached hydrogens (tertiary/aromatic N) is 4. The highest BCUT2D eigenvalue weighted by Gasteiger charge is 2.12. The van der Waals surface area contributed by atoms with Gasteiger partial charge in [-0.1, -0.05) is 41.6 Å². The predicted octanol–water partition coefficient (Wildman–Crippen LogP) is 3.58. The Hall–Kier alpha value is -2.93. The molecule has 0 amide bonds. The van der Waals surface area contributed by atoms with Gasteiger partial charge in [-0.2, -0.15) is 0 Å². The Kier molecular flexibility index (Phi) is 4.30.